The van der Waals surface area contributed by atoms with Crippen LogP contribution in [0.4, 0.5) is 0 Å². The molecule has 0 unspecified atom stereocenters. The van der Waals surface area contributed by atoms with Crippen molar-refractivity contribution in [3.63, 3.8) is 0 Å². The van der Waals surface area contributed by atoms with E-state index in [9.17, 15) is 4.79 Å². The van der Waals surface area contributed by atoms with E-state index in [4.69, 9.17) is 14.5 Å². The maximum atomic E-state index is 13.2. The molecule has 0 atom stereocenters. The maximum absolute atomic E-state index is 13.2. The van der Waals surface area contributed by atoms with Crippen molar-refractivity contribution in [1.82, 2.24) is 14.8 Å². The molecule has 190 valence electrons. The highest BCUT2D eigenvalue weighted by atomic mass is 16.4. The van der Waals surface area contributed by atoms with E-state index in [0.29, 0.717) is 16.8 Å². The number of hydrogen-bond donors (Lipinski definition) is 0. The highest BCUT2D eigenvalue weighted by Gasteiger charge is 2.18. The zero-order valence-corrected chi connectivity index (χ0v) is 21.4. The minimum atomic E-state index is -0.425. The summed E-state index contributed by atoms with van der Waals surface area (Å²) in [6.07, 6.45) is 2.04. The molecule has 7 aromatic rings. The van der Waals surface area contributed by atoms with Gasteiger partial charge in [-0.1, -0.05) is 97.1 Å². The Balaban J connectivity index is 1.49. The lowest BCUT2D eigenvalue weighted by molar-refractivity contribution is 0.563. The summed E-state index contributed by atoms with van der Waals surface area (Å²) in [5.41, 5.74) is 7.41. The molecule has 5 nitrogen and oxygen atoms in total. The molecule has 0 amide bonds. The number of nitrogens with zero attached hydrogens (tertiary/aromatic N) is 3. The van der Waals surface area contributed by atoms with E-state index in [0.717, 1.165) is 44.7 Å². The highest BCUT2D eigenvalue weighted by Crippen LogP contribution is 2.36. The van der Waals surface area contributed by atoms with E-state index in [1.807, 2.05) is 120 Å². The van der Waals surface area contributed by atoms with Crippen LogP contribution in [0.15, 0.2) is 149 Å². The molecular weight excluding hydrogens is 494 g/mol. The fourth-order valence-electron chi connectivity index (χ4n) is 4.93. The molecule has 3 aromatic heterocycles. The number of para-hydroxylation sites is 2. The third kappa shape index (κ3) is 4.40. The second-order valence-electron chi connectivity index (χ2n) is 9.52. The van der Waals surface area contributed by atoms with E-state index in [-0.39, 0.29) is 0 Å². The minimum absolute atomic E-state index is 0.412. The summed E-state index contributed by atoms with van der Waals surface area (Å²) in [6, 6.07) is 43.5. The smallest absolute Gasteiger partial charge is 0.345 e. The van der Waals surface area contributed by atoms with Crippen molar-refractivity contribution in [1.29, 1.82) is 0 Å². The van der Waals surface area contributed by atoms with E-state index < -0.39 is 5.63 Å². The molecule has 5 heteroatoms. The summed E-state index contributed by atoms with van der Waals surface area (Å²) in [5, 5.41) is 5.85. The summed E-state index contributed by atoms with van der Waals surface area (Å²) in [7, 11) is 0. The van der Waals surface area contributed by atoms with Gasteiger partial charge in [-0.2, -0.15) is 5.10 Å². The van der Waals surface area contributed by atoms with Crippen LogP contribution in [0, 0.1) is 0 Å². The first kappa shape index (κ1) is 23.6. The second kappa shape index (κ2) is 9.97. The van der Waals surface area contributed by atoms with Crippen LogP contribution in [0.5, 0.6) is 0 Å². The molecule has 0 radical (unpaired) electrons. The fourth-order valence-corrected chi connectivity index (χ4v) is 4.93. The predicted octanol–water partition coefficient (Wildman–Crippen LogP) is 8.04. The van der Waals surface area contributed by atoms with Crippen LogP contribution in [-0.2, 0) is 0 Å². The van der Waals surface area contributed by atoms with Crippen molar-refractivity contribution in [2.75, 3.05) is 0 Å². The van der Waals surface area contributed by atoms with Gasteiger partial charge in [-0.25, -0.2) is 14.5 Å². The Kier molecular flexibility index (Phi) is 5.87. The average molecular weight is 518 g/mol. The van der Waals surface area contributed by atoms with Crippen LogP contribution < -0.4 is 5.63 Å². The molecule has 7 rings (SSSR count). The first-order valence-corrected chi connectivity index (χ1v) is 13.0. The van der Waals surface area contributed by atoms with Crippen LogP contribution in [0.3, 0.4) is 0 Å². The molecule has 3 heterocycles. The fraction of sp³-hybridized carbons (Fsp3) is 0. The SMILES string of the molecule is O=c1oc2ccccc2cc1-c1cc(-c2cn(-c3ccccc3)nc2-c2ccccc2)cc(-c2ccccc2)n1. The molecule has 0 aliphatic heterocycles. The van der Waals surface area contributed by atoms with E-state index in [1.165, 1.54) is 0 Å². The number of pyridine rings is 1. The largest absolute Gasteiger partial charge is 0.422 e. The first-order valence-electron chi connectivity index (χ1n) is 13.0. The summed E-state index contributed by atoms with van der Waals surface area (Å²) in [4.78, 5) is 18.1. The summed E-state index contributed by atoms with van der Waals surface area (Å²) in [5.74, 6) is 0. The van der Waals surface area contributed by atoms with Gasteiger partial charge < -0.3 is 4.42 Å². The molecular formula is C35H23N3O2. The van der Waals surface area contributed by atoms with Crippen LogP contribution in [0.2, 0.25) is 0 Å². The number of rotatable bonds is 5. The molecule has 0 N–H and O–H groups in total. The predicted molar refractivity (Wildman–Crippen MR) is 159 cm³/mol. The van der Waals surface area contributed by atoms with Crippen molar-refractivity contribution in [2.24, 2.45) is 0 Å². The summed E-state index contributed by atoms with van der Waals surface area (Å²) in [6.45, 7) is 0. The second-order valence-corrected chi connectivity index (χ2v) is 9.52. The van der Waals surface area contributed by atoms with Crippen molar-refractivity contribution in [3.8, 4) is 50.6 Å². The van der Waals surface area contributed by atoms with Crippen LogP contribution in [0.1, 0.15) is 0 Å². The Hall–Kier alpha value is -5.55. The quantitative estimate of drug-likeness (QED) is 0.217. The molecule has 0 saturated heterocycles. The molecule has 0 fully saturated rings. The van der Waals surface area contributed by atoms with Crippen LogP contribution in [-0.4, -0.2) is 14.8 Å². The molecule has 0 saturated carbocycles. The maximum Gasteiger partial charge on any atom is 0.345 e. The zero-order chi connectivity index (χ0) is 26.9. The first-order chi connectivity index (χ1) is 19.7. The zero-order valence-electron chi connectivity index (χ0n) is 21.4. The lowest BCUT2D eigenvalue weighted by Gasteiger charge is -2.10. The molecule has 0 spiro atoms. The minimum Gasteiger partial charge on any atom is -0.422 e. The third-order valence-electron chi connectivity index (χ3n) is 6.91. The molecule has 0 aliphatic carbocycles. The van der Waals surface area contributed by atoms with Crippen LogP contribution in [0.25, 0.3) is 61.6 Å². The molecule has 4 aromatic carbocycles. The van der Waals surface area contributed by atoms with Gasteiger partial charge >= 0.3 is 5.63 Å². The number of hydrogen-bond acceptors (Lipinski definition) is 4. The number of fused-ring (bicyclic) bond motifs is 1. The molecule has 0 aliphatic rings. The van der Waals surface area contributed by atoms with E-state index in [1.54, 1.807) is 6.07 Å². The van der Waals surface area contributed by atoms with E-state index in [2.05, 4.69) is 18.2 Å². The van der Waals surface area contributed by atoms with Gasteiger partial charge in [0.05, 0.1) is 22.6 Å². The average Bonchev–Trinajstić information content (AvgIpc) is 3.48. The number of benzene rings is 4. The summed E-state index contributed by atoms with van der Waals surface area (Å²) >= 11 is 0. The van der Waals surface area contributed by atoms with Crippen LogP contribution >= 0.6 is 0 Å². The monoisotopic (exact) mass is 517 g/mol. The van der Waals surface area contributed by atoms with Gasteiger partial charge in [-0.3, -0.25) is 0 Å². The lowest BCUT2D eigenvalue weighted by Crippen LogP contribution is -2.04. The third-order valence-corrected chi connectivity index (χ3v) is 6.91. The van der Waals surface area contributed by atoms with Gasteiger partial charge in [0.2, 0.25) is 0 Å². The Morgan fingerprint density at radius 3 is 1.95 bits per heavy atom. The van der Waals surface area contributed by atoms with Gasteiger partial charge in [0, 0.05) is 28.3 Å². The van der Waals surface area contributed by atoms with Crippen molar-refractivity contribution in [2.45, 2.75) is 0 Å². The van der Waals surface area contributed by atoms with Gasteiger partial charge in [0.1, 0.15) is 11.3 Å². The van der Waals surface area contributed by atoms with Gasteiger partial charge in [0.15, 0.2) is 0 Å². The van der Waals surface area contributed by atoms with Crippen molar-refractivity contribution >= 4 is 11.0 Å². The Bertz CT molecular complexity index is 2010. The normalized spacial score (nSPS) is 11.1. The highest BCUT2D eigenvalue weighted by molar-refractivity contribution is 5.86. The van der Waals surface area contributed by atoms with Gasteiger partial charge in [-0.05, 0) is 42.0 Å². The van der Waals surface area contributed by atoms with E-state index >= 15 is 0 Å². The standard InChI is InChI=1S/C35H23N3O2/c39-35-29(20-26-16-10-11-19-33(26)40-35)32-22-27(21-31(36-32)24-12-4-1-5-13-24)30-23-38(28-17-8-3-9-18-28)37-34(30)25-14-6-2-7-15-25/h1-23H. The Morgan fingerprint density at radius 2 is 1.20 bits per heavy atom. The van der Waals surface area contributed by atoms with Gasteiger partial charge in [-0.15, -0.1) is 0 Å². The van der Waals surface area contributed by atoms with Crippen molar-refractivity contribution < 1.29 is 4.42 Å². The molecule has 40 heavy (non-hydrogen) atoms. The Labute approximate surface area is 230 Å². The van der Waals surface area contributed by atoms with Gasteiger partial charge in [0.25, 0.3) is 0 Å². The Morgan fingerprint density at radius 1 is 0.575 bits per heavy atom. The topological polar surface area (TPSA) is 60.9 Å². The molecule has 0 bridgehead atoms. The van der Waals surface area contributed by atoms with Crippen molar-refractivity contribution in [3.05, 3.63) is 150 Å². The summed E-state index contributed by atoms with van der Waals surface area (Å²) < 4.78 is 7.57. The number of aromatic nitrogens is 3. The lowest BCUT2D eigenvalue weighted by atomic mass is 9.98.